The number of hydrogen-bond donors (Lipinski definition) is 2. The molecular formula is C32H32FN7O2S2. The van der Waals surface area contributed by atoms with Crippen LogP contribution in [0.15, 0.2) is 80.3 Å². The average molecular weight is 630 g/mol. The fraction of sp³-hybridized carbons (Fsp3) is 0.312. The van der Waals surface area contributed by atoms with Crippen LogP contribution >= 0.6 is 11.3 Å². The van der Waals surface area contributed by atoms with Gasteiger partial charge in [-0.05, 0) is 87.7 Å². The molecule has 2 unspecified atom stereocenters. The molecule has 1 saturated carbocycles. The third-order valence-electron chi connectivity index (χ3n) is 8.17. The summed E-state index contributed by atoms with van der Waals surface area (Å²) >= 11 is -0.449. The minimum absolute atomic E-state index is 0.123. The Bertz CT molecular complexity index is 1840. The van der Waals surface area contributed by atoms with Crippen LogP contribution in [0.1, 0.15) is 42.7 Å². The molecule has 1 aliphatic carbocycles. The van der Waals surface area contributed by atoms with Gasteiger partial charge in [0.05, 0.1) is 23.3 Å². The summed E-state index contributed by atoms with van der Waals surface area (Å²) in [6.45, 7) is 2.03. The SMILES string of the molecule is CN1CCCC(Nc2ccc(Nc3ncc4cc(C5CC5)c(=O)n(Cc5c(F)cccc5[S+]([O-])c5nccs5)c4n3)cc2)C1. The van der Waals surface area contributed by atoms with Gasteiger partial charge in [-0.2, -0.15) is 9.97 Å². The number of nitrogens with zero attached hydrogens (tertiary/aromatic N) is 5. The molecule has 1 saturated heterocycles. The molecule has 2 aliphatic rings. The van der Waals surface area contributed by atoms with E-state index in [1.165, 1.54) is 34.5 Å². The van der Waals surface area contributed by atoms with Crippen molar-refractivity contribution in [2.24, 2.45) is 0 Å². The van der Waals surface area contributed by atoms with Crippen molar-refractivity contribution in [2.75, 3.05) is 30.8 Å². The second-order valence-electron chi connectivity index (χ2n) is 11.5. The maximum absolute atomic E-state index is 15.4. The van der Waals surface area contributed by atoms with E-state index < -0.39 is 17.0 Å². The summed E-state index contributed by atoms with van der Waals surface area (Å²) in [6, 6.07) is 14.7. The first-order valence-electron chi connectivity index (χ1n) is 14.7. The zero-order valence-corrected chi connectivity index (χ0v) is 25.8. The van der Waals surface area contributed by atoms with Gasteiger partial charge < -0.3 is 20.1 Å². The Hall–Kier alpha value is -3.84. The zero-order valence-electron chi connectivity index (χ0n) is 24.2. The summed E-state index contributed by atoms with van der Waals surface area (Å²) < 4.78 is 30.6. The number of piperidine rings is 1. The van der Waals surface area contributed by atoms with Crippen LogP contribution in [-0.2, 0) is 17.7 Å². The van der Waals surface area contributed by atoms with E-state index in [0.29, 0.717) is 32.9 Å². The van der Waals surface area contributed by atoms with Crippen LogP contribution in [0, 0.1) is 5.82 Å². The summed E-state index contributed by atoms with van der Waals surface area (Å²) in [6.07, 6.45) is 7.46. The van der Waals surface area contributed by atoms with E-state index in [0.717, 1.165) is 43.7 Å². The largest absolute Gasteiger partial charge is 0.605 e. The third-order valence-corrected chi connectivity index (χ3v) is 10.7. The fourth-order valence-electron chi connectivity index (χ4n) is 5.79. The molecule has 44 heavy (non-hydrogen) atoms. The Balaban J connectivity index is 1.21. The molecule has 3 aromatic heterocycles. The van der Waals surface area contributed by atoms with Crippen LogP contribution in [0.3, 0.4) is 0 Å². The molecule has 4 heterocycles. The maximum atomic E-state index is 15.4. The van der Waals surface area contributed by atoms with Crippen LogP contribution in [-0.4, -0.2) is 55.2 Å². The lowest BCUT2D eigenvalue weighted by Gasteiger charge is -2.30. The molecule has 2 N–H and O–H groups in total. The number of benzene rings is 2. The number of likely N-dealkylation sites (tertiary alicyclic amines) is 1. The van der Waals surface area contributed by atoms with E-state index in [-0.39, 0.29) is 28.5 Å². The quantitative estimate of drug-likeness (QED) is 0.199. The summed E-state index contributed by atoms with van der Waals surface area (Å²) in [5.41, 5.74) is 2.86. The van der Waals surface area contributed by atoms with Gasteiger partial charge in [0, 0.05) is 52.7 Å². The van der Waals surface area contributed by atoms with Crippen molar-refractivity contribution in [3.8, 4) is 0 Å². The van der Waals surface area contributed by atoms with Gasteiger partial charge in [0.15, 0.2) is 4.90 Å². The number of anilines is 3. The van der Waals surface area contributed by atoms with Crippen LogP contribution < -0.4 is 16.2 Å². The Kier molecular flexibility index (Phi) is 8.06. The topological polar surface area (TPSA) is 111 Å². The van der Waals surface area contributed by atoms with Gasteiger partial charge in [-0.1, -0.05) is 17.4 Å². The number of likely N-dealkylation sites (N-methyl/N-ethyl adjacent to an activating group) is 1. The molecule has 7 rings (SSSR count). The van der Waals surface area contributed by atoms with Crippen molar-refractivity contribution in [3.63, 3.8) is 0 Å². The third kappa shape index (κ3) is 6.07. The molecule has 0 spiro atoms. The first kappa shape index (κ1) is 28.9. The van der Waals surface area contributed by atoms with Gasteiger partial charge in [0.1, 0.15) is 11.5 Å². The van der Waals surface area contributed by atoms with Gasteiger partial charge in [-0.3, -0.25) is 9.36 Å². The lowest BCUT2D eigenvalue weighted by atomic mass is 10.1. The molecule has 1 aliphatic heterocycles. The van der Waals surface area contributed by atoms with E-state index in [4.69, 9.17) is 4.98 Å². The minimum atomic E-state index is -1.69. The second kappa shape index (κ2) is 12.3. The number of aromatic nitrogens is 4. The number of fused-ring (bicyclic) bond motifs is 1. The summed E-state index contributed by atoms with van der Waals surface area (Å²) in [5.74, 6) is -0.0496. The van der Waals surface area contributed by atoms with Crippen molar-refractivity contribution < 1.29 is 8.94 Å². The standard InChI is InChI=1S/C32H32FN7O2S2/c1-39-14-3-4-24(18-39)36-22-9-11-23(12-10-22)37-31-35-17-21-16-25(20-7-8-20)30(41)40(29(21)38-31)19-26-27(33)5-2-6-28(26)44(42)32-34-13-15-43-32/h2,5-6,9-13,15-17,20,24,36H,3-4,7-8,14,18-19H2,1H3,(H,35,37,38). The van der Waals surface area contributed by atoms with Gasteiger partial charge in [-0.15, -0.1) is 0 Å². The Labute approximate surface area is 261 Å². The van der Waals surface area contributed by atoms with Crippen molar-refractivity contribution in [3.05, 3.63) is 93.6 Å². The molecule has 9 nitrogen and oxygen atoms in total. The van der Waals surface area contributed by atoms with Crippen LogP contribution in [0.4, 0.5) is 21.7 Å². The monoisotopic (exact) mass is 629 g/mol. The number of thiazole rings is 1. The lowest BCUT2D eigenvalue weighted by molar-refractivity contribution is 0.261. The van der Waals surface area contributed by atoms with Crippen molar-refractivity contribution in [2.45, 2.75) is 53.4 Å². The van der Waals surface area contributed by atoms with E-state index in [1.54, 1.807) is 23.8 Å². The molecule has 5 aromatic rings. The highest BCUT2D eigenvalue weighted by atomic mass is 32.2. The second-order valence-corrected chi connectivity index (χ2v) is 14.0. The molecule has 2 fully saturated rings. The summed E-state index contributed by atoms with van der Waals surface area (Å²) in [4.78, 5) is 29.9. The fourth-order valence-corrected chi connectivity index (χ4v) is 7.87. The highest BCUT2D eigenvalue weighted by Crippen LogP contribution is 2.39. The molecule has 12 heteroatoms. The van der Waals surface area contributed by atoms with Crippen LogP contribution in [0.5, 0.6) is 0 Å². The molecular weight excluding hydrogens is 598 g/mol. The molecule has 0 radical (unpaired) electrons. The predicted molar refractivity (Wildman–Crippen MR) is 172 cm³/mol. The van der Waals surface area contributed by atoms with Crippen LogP contribution in [0.25, 0.3) is 11.0 Å². The van der Waals surface area contributed by atoms with Gasteiger partial charge >= 0.3 is 4.34 Å². The zero-order chi connectivity index (χ0) is 30.2. The maximum Gasteiger partial charge on any atom is 0.307 e. The van der Waals surface area contributed by atoms with Gasteiger partial charge in [0.2, 0.25) is 5.95 Å². The number of hydrogen-bond acceptors (Lipinski definition) is 9. The van der Waals surface area contributed by atoms with Crippen molar-refractivity contribution in [1.82, 2.24) is 24.4 Å². The molecule has 0 bridgehead atoms. The smallest absolute Gasteiger partial charge is 0.307 e. The lowest BCUT2D eigenvalue weighted by Crippen LogP contribution is -2.39. The summed E-state index contributed by atoms with van der Waals surface area (Å²) in [7, 11) is 2.15. The van der Waals surface area contributed by atoms with Gasteiger partial charge in [-0.25, -0.2) is 9.37 Å². The van der Waals surface area contributed by atoms with Crippen LogP contribution in [0.2, 0.25) is 0 Å². The number of halogens is 1. The van der Waals surface area contributed by atoms with E-state index in [1.807, 2.05) is 30.3 Å². The highest BCUT2D eigenvalue weighted by molar-refractivity contribution is 7.93. The van der Waals surface area contributed by atoms with E-state index >= 15 is 4.39 Å². The molecule has 226 valence electrons. The van der Waals surface area contributed by atoms with E-state index in [2.05, 4.69) is 32.5 Å². The Morgan fingerprint density at radius 2 is 1.93 bits per heavy atom. The normalized spacial score (nSPS) is 17.9. The number of pyridine rings is 1. The number of rotatable bonds is 9. The Morgan fingerprint density at radius 1 is 1.11 bits per heavy atom. The molecule has 2 atom stereocenters. The first-order valence-corrected chi connectivity index (χ1v) is 16.8. The minimum Gasteiger partial charge on any atom is -0.605 e. The predicted octanol–water partition coefficient (Wildman–Crippen LogP) is 5.73. The van der Waals surface area contributed by atoms with E-state index in [9.17, 15) is 9.35 Å². The van der Waals surface area contributed by atoms with Crippen molar-refractivity contribution >= 4 is 50.9 Å². The number of nitrogens with one attached hydrogen (secondary N) is 2. The average Bonchev–Trinajstić information content (AvgIpc) is 3.72. The highest BCUT2D eigenvalue weighted by Gasteiger charge is 2.30. The molecule has 0 amide bonds. The van der Waals surface area contributed by atoms with Gasteiger partial charge in [0.25, 0.3) is 5.56 Å². The molecule has 2 aromatic carbocycles. The van der Waals surface area contributed by atoms with Crippen molar-refractivity contribution in [1.29, 1.82) is 0 Å². The Morgan fingerprint density at radius 3 is 2.68 bits per heavy atom. The first-order chi connectivity index (χ1) is 21.4. The summed E-state index contributed by atoms with van der Waals surface area (Å²) in [5, 5.41) is 9.28.